The van der Waals surface area contributed by atoms with Crippen LogP contribution in [0.2, 0.25) is 0 Å². The van der Waals surface area contributed by atoms with Crippen LogP contribution in [0.4, 0.5) is 0 Å². The molecule has 0 fully saturated rings. The van der Waals surface area contributed by atoms with Crippen LogP contribution >= 0.6 is 0 Å². The summed E-state index contributed by atoms with van der Waals surface area (Å²) in [7, 11) is 0. The van der Waals surface area contributed by atoms with Crippen molar-refractivity contribution < 1.29 is 5.11 Å². The molecule has 0 radical (unpaired) electrons. The summed E-state index contributed by atoms with van der Waals surface area (Å²) in [6.07, 6.45) is 4.97. The van der Waals surface area contributed by atoms with Crippen molar-refractivity contribution in [2.45, 2.75) is 0 Å². The minimum absolute atomic E-state index is 0.126. The summed E-state index contributed by atoms with van der Waals surface area (Å²) in [5.41, 5.74) is 0. The van der Waals surface area contributed by atoms with E-state index in [0.717, 1.165) is 0 Å². The first-order valence-electron chi connectivity index (χ1n) is 3.52. The summed E-state index contributed by atoms with van der Waals surface area (Å²) in [5.74, 6) is 0.573. The van der Waals surface area contributed by atoms with E-state index in [1.165, 1.54) is 4.68 Å². The van der Waals surface area contributed by atoms with Crippen molar-refractivity contribution in [2.75, 3.05) is 0 Å². The number of hydrogen-bond acceptors (Lipinski definition) is 3. The molecule has 0 aromatic carbocycles. The van der Waals surface area contributed by atoms with Gasteiger partial charge in [-0.15, -0.1) is 0 Å². The molecule has 0 bridgehead atoms. The second-order valence-corrected chi connectivity index (χ2v) is 2.30. The molecular weight excluding hydrogens is 154 g/mol. The Bertz CT molecular complexity index is 370. The summed E-state index contributed by atoms with van der Waals surface area (Å²) in [4.78, 5) is 3.97. The van der Waals surface area contributed by atoms with E-state index < -0.39 is 0 Å². The molecular formula is C8H7N3O. The van der Waals surface area contributed by atoms with E-state index >= 15 is 0 Å². The SMILES string of the molecule is Oc1cccnc1-n1cccn1. The molecule has 0 aliphatic rings. The Morgan fingerprint density at radius 2 is 2.17 bits per heavy atom. The molecule has 2 rings (SSSR count). The predicted octanol–water partition coefficient (Wildman–Crippen LogP) is 0.973. The fourth-order valence-corrected chi connectivity index (χ4v) is 0.959. The van der Waals surface area contributed by atoms with Crippen LogP contribution < -0.4 is 0 Å². The van der Waals surface area contributed by atoms with Crippen LogP contribution in [0.15, 0.2) is 36.8 Å². The largest absolute Gasteiger partial charge is 0.504 e. The Morgan fingerprint density at radius 1 is 1.25 bits per heavy atom. The van der Waals surface area contributed by atoms with E-state index in [2.05, 4.69) is 10.1 Å². The fraction of sp³-hybridized carbons (Fsp3) is 0. The van der Waals surface area contributed by atoms with Gasteiger partial charge in [0, 0.05) is 18.6 Å². The highest BCUT2D eigenvalue weighted by Gasteiger charge is 2.01. The van der Waals surface area contributed by atoms with Gasteiger partial charge >= 0.3 is 0 Å². The van der Waals surface area contributed by atoms with Crippen LogP contribution in [0, 0.1) is 0 Å². The zero-order valence-electron chi connectivity index (χ0n) is 6.25. The van der Waals surface area contributed by atoms with Crippen molar-refractivity contribution in [3.8, 4) is 11.6 Å². The first-order chi connectivity index (χ1) is 5.88. The molecule has 2 heterocycles. The van der Waals surface area contributed by atoms with Crippen molar-refractivity contribution in [1.29, 1.82) is 0 Å². The molecule has 0 atom stereocenters. The summed E-state index contributed by atoms with van der Waals surface area (Å²) >= 11 is 0. The van der Waals surface area contributed by atoms with Crippen LogP contribution in [0.5, 0.6) is 5.75 Å². The first-order valence-corrected chi connectivity index (χ1v) is 3.52. The number of hydrogen-bond donors (Lipinski definition) is 1. The second kappa shape index (κ2) is 2.65. The van der Waals surface area contributed by atoms with Crippen molar-refractivity contribution in [1.82, 2.24) is 14.8 Å². The standard InChI is InChI=1S/C8H7N3O/c12-7-3-1-4-9-8(7)11-6-2-5-10-11/h1-6,12H. The predicted molar refractivity (Wildman–Crippen MR) is 43.0 cm³/mol. The number of aromatic nitrogens is 3. The maximum absolute atomic E-state index is 9.36. The lowest BCUT2D eigenvalue weighted by atomic mass is 10.4. The molecule has 2 aromatic rings. The molecule has 1 N–H and O–H groups in total. The molecule has 0 saturated carbocycles. The van der Waals surface area contributed by atoms with E-state index in [4.69, 9.17) is 0 Å². The zero-order chi connectivity index (χ0) is 8.39. The second-order valence-electron chi connectivity index (χ2n) is 2.30. The first kappa shape index (κ1) is 6.84. The number of aromatic hydroxyl groups is 1. The molecule has 60 valence electrons. The maximum atomic E-state index is 9.36. The summed E-state index contributed by atoms with van der Waals surface area (Å²) in [5, 5.41) is 13.3. The van der Waals surface area contributed by atoms with Crippen molar-refractivity contribution in [3.05, 3.63) is 36.8 Å². The Kier molecular flexibility index (Phi) is 1.51. The van der Waals surface area contributed by atoms with Gasteiger partial charge in [-0.1, -0.05) is 0 Å². The van der Waals surface area contributed by atoms with Gasteiger partial charge in [-0.2, -0.15) is 5.10 Å². The normalized spacial score (nSPS) is 10.0. The Hall–Kier alpha value is -1.84. The van der Waals surface area contributed by atoms with E-state index in [-0.39, 0.29) is 5.75 Å². The van der Waals surface area contributed by atoms with Crippen molar-refractivity contribution in [3.63, 3.8) is 0 Å². The minimum Gasteiger partial charge on any atom is -0.504 e. The van der Waals surface area contributed by atoms with E-state index in [1.54, 1.807) is 36.8 Å². The molecule has 2 aromatic heterocycles. The van der Waals surface area contributed by atoms with Crippen LogP contribution in [-0.4, -0.2) is 19.9 Å². The highest BCUT2D eigenvalue weighted by Crippen LogP contribution is 2.15. The smallest absolute Gasteiger partial charge is 0.195 e. The average Bonchev–Trinajstić information content (AvgIpc) is 2.57. The lowest BCUT2D eigenvalue weighted by Crippen LogP contribution is -1.96. The Labute approximate surface area is 69.1 Å². The average molecular weight is 161 g/mol. The van der Waals surface area contributed by atoms with Gasteiger partial charge < -0.3 is 5.11 Å². The fourth-order valence-electron chi connectivity index (χ4n) is 0.959. The molecule has 0 saturated heterocycles. The molecule has 0 unspecified atom stereocenters. The quantitative estimate of drug-likeness (QED) is 0.678. The number of pyridine rings is 1. The molecule has 4 nitrogen and oxygen atoms in total. The van der Waals surface area contributed by atoms with Crippen LogP contribution in [0.1, 0.15) is 0 Å². The van der Waals surface area contributed by atoms with Crippen LogP contribution in [0.3, 0.4) is 0 Å². The van der Waals surface area contributed by atoms with E-state index in [0.29, 0.717) is 5.82 Å². The van der Waals surface area contributed by atoms with Gasteiger partial charge in [0.1, 0.15) is 0 Å². The molecule has 0 amide bonds. The van der Waals surface area contributed by atoms with Crippen LogP contribution in [-0.2, 0) is 0 Å². The Balaban J connectivity index is 2.55. The summed E-state index contributed by atoms with van der Waals surface area (Å²) in [6, 6.07) is 5.01. The minimum atomic E-state index is 0.126. The third-order valence-electron chi connectivity index (χ3n) is 1.49. The summed E-state index contributed by atoms with van der Waals surface area (Å²) < 4.78 is 1.51. The van der Waals surface area contributed by atoms with E-state index in [1.807, 2.05) is 0 Å². The van der Waals surface area contributed by atoms with Crippen molar-refractivity contribution in [2.24, 2.45) is 0 Å². The molecule has 4 heteroatoms. The molecule has 0 aliphatic carbocycles. The van der Waals surface area contributed by atoms with Gasteiger partial charge in [0.05, 0.1) is 0 Å². The maximum Gasteiger partial charge on any atom is 0.195 e. The third kappa shape index (κ3) is 1.03. The molecule has 0 aliphatic heterocycles. The monoisotopic (exact) mass is 161 g/mol. The molecule has 12 heavy (non-hydrogen) atoms. The number of rotatable bonds is 1. The van der Waals surface area contributed by atoms with Gasteiger partial charge in [-0.05, 0) is 18.2 Å². The lowest BCUT2D eigenvalue weighted by molar-refractivity contribution is 0.467. The van der Waals surface area contributed by atoms with Crippen LogP contribution in [0.25, 0.3) is 5.82 Å². The Morgan fingerprint density at radius 3 is 2.83 bits per heavy atom. The van der Waals surface area contributed by atoms with Crippen molar-refractivity contribution >= 4 is 0 Å². The van der Waals surface area contributed by atoms with Gasteiger partial charge in [0.15, 0.2) is 11.6 Å². The van der Waals surface area contributed by atoms with Gasteiger partial charge in [0.2, 0.25) is 0 Å². The number of nitrogens with zero attached hydrogens (tertiary/aromatic N) is 3. The van der Waals surface area contributed by atoms with Gasteiger partial charge in [-0.3, -0.25) is 0 Å². The third-order valence-corrected chi connectivity index (χ3v) is 1.49. The lowest BCUT2D eigenvalue weighted by Gasteiger charge is -2.00. The van der Waals surface area contributed by atoms with Gasteiger partial charge in [0.25, 0.3) is 0 Å². The highest BCUT2D eigenvalue weighted by molar-refractivity contribution is 5.37. The zero-order valence-corrected chi connectivity index (χ0v) is 6.25. The van der Waals surface area contributed by atoms with E-state index in [9.17, 15) is 5.11 Å². The topological polar surface area (TPSA) is 50.9 Å². The van der Waals surface area contributed by atoms with Gasteiger partial charge in [-0.25, -0.2) is 9.67 Å². The molecule has 0 spiro atoms. The summed E-state index contributed by atoms with van der Waals surface area (Å²) in [6.45, 7) is 0. The highest BCUT2D eigenvalue weighted by atomic mass is 16.3.